The number of fused-ring (bicyclic) bond motifs is 3. The van der Waals surface area contributed by atoms with E-state index in [2.05, 4.69) is 0 Å². The zero-order valence-corrected chi connectivity index (χ0v) is 21.0. The summed E-state index contributed by atoms with van der Waals surface area (Å²) in [6.07, 6.45) is 6.62. The number of ether oxygens (including phenoxy) is 2. The molecule has 3 aromatic carbocycles. The van der Waals surface area contributed by atoms with E-state index >= 15 is 0 Å². The average molecular weight is 495 g/mol. The molecule has 4 fully saturated rings. The minimum absolute atomic E-state index is 0.111. The molecule has 4 aliphatic rings. The molecule has 0 N–H and O–H groups in total. The maximum Gasteiger partial charge on any atom is 0.342 e. The fraction of sp³-hybridized carbons (Fsp3) is 0.375. The molecular weight excluding hydrogens is 464 g/mol. The third kappa shape index (κ3) is 3.58. The van der Waals surface area contributed by atoms with Gasteiger partial charge in [-0.25, -0.2) is 4.79 Å². The average Bonchev–Trinajstić information content (AvgIpc) is 3.28. The van der Waals surface area contributed by atoms with Crippen molar-refractivity contribution in [2.75, 3.05) is 6.61 Å². The van der Waals surface area contributed by atoms with Crippen LogP contribution in [-0.4, -0.2) is 18.5 Å². The molecule has 4 saturated carbocycles. The van der Waals surface area contributed by atoms with Crippen LogP contribution in [0, 0.1) is 23.2 Å². The fourth-order valence-electron chi connectivity index (χ4n) is 7.74. The van der Waals surface area contributed by atoms with Gasteiger partial charge in [-0.05, 0) is 69.3 Å². The van der Waals surface area contributed by atoms with Gasteiger partial charge in [-0.15, -0.1) is 0 Å². The van der Waals surface area contributed by atoms with E-state index in [1.54, 1.807) is 13.0 Å². The van der Waals surface area contributed by atoms with Crippen molar-refractivity contribution < 1.29 is 23.5 Å². The summed E-state index contributed by atoms with van der Waals surface area (Å²) >= 11 is 0. The Hall–Kier alpha value is -3.60. The molecule has 0 radical (unpaired) electrons. The van der Waals surface area contributed by atoms with Crippen LogP contribution in [0.2, 0.25) is 0 Å². The lowest BCUT2D eigenvalue weighted by Crippen LogP contribution is -2.51. The minimum Gasteiger partial charge on any atom is -0.462 e. The van der Waals surface area contributed by atoms with Gasteiger partial charge < -0.3 is 13.9 Å². The van der Waals surface area contributed by atoms with Crippen LogP contribution in [0.4, 0.5) is 0 Å². The molecular formula is C32H30O5. The first-order valence-electron chi connectivity index (χ1n) is 13.5. The van der Waals surface area contributed by atoms with E-state index < -0.39 is 5.97 Å². The zero-order chi connectivity index (χ0) is 25.1. The first kappa shape index (κ1) is 22.6. The van der Waals surface area contributed by atoms with Gasteiger partial charge in [-0.3, -0.25) is 4.79 Å². The Kier molecular flexibility index (Phi) is 5.17. The second kappa shape index (κ2) is 8.47. The molecule has 37 heavy (non-hydrogen) atoms. The van der Waals surface area contributed by atoms with E-state index in [1.165, 1.54) is 19.3 Å². The topological polar surface area (TPSA) is 65.7 Å². The maximum atomic E-state index is 13.9. The monoisotopic (exact) mass is 494 g/mol. The summed E-state index contributed by atoms with van der Waals surface area (Å²) in [6.45, 7) is 2.04. The van der Waals surface area contributed by atoms with Gasteiger partial charge in [0.25, 0.3) is 0 Å². The van der Waals surface area contributed by atoms with Gasteiger partial charge in [0, 0.05) is 21.7 Å². The Balaban J connectivity index is 1.38. The standard InChI is InChI=1S/C32H30O5/c1-2-35-30(33)27-25-15-26(36-31(34)32-16-19-12-20(17-32)14-21(13-19)18-32)23-10-6-7-11-24(23)29(25)37-28(27)22-8-4-3-5-9-22/h3-11,15,19-21H,2,12-14,16-18H2,1H3. The van der Waals surface area contributed by atoms with Crippen LogP contribution in [0.25, 0.3) is 33.1 Å². The number of carbonyl (C=O) groups is 2. The Morgan fingerprint density at radius 2 is 1.49 bits per heavy atom. The Morgan fingerprint density at radius 1 is 0.865 bits per heavy atom. The maximum absolute atomic E-state index is 13.9. The van der Waals surface area contributed by atoms with Crippen LogP contribution < -0.4 is 4.74 Å². The van der Waals surface area contributed by atoms with Gasteiger partial charge in [0.15, 0.2) is 0 Å². The van der Waals surface area contributed by atoms with Gasteiger partial charge in [0.05, 0.1) is 12.0 Å². The molecule has 1 aromatic heterocycles. The fourth-order valence-corrected chi connectivity index (χ4v) is 7.74. The highest BCUT2D eigenvalue weighted by Gasteiger charge is 2.55. The highest BCUT2D eigenvalue weighted by Crippen LogP contribution is 2.60. The van der Waals surface area contributed by atoms with Gasteiger partial charge >= 0.3 is 11.9 Å². The van der Waals surface area contributed by atoms with Gasteiger partial charge in [0.1, 0.15) is 22.7 Å². The Morgan fingerprint density at radius 3 is 2.14 bits per heavy atom. The van der Waals surface area contributed by atoms with Crippen molar-refractivity contribution in [1.82, 2.24) is 0 Å². The third-order valence-corrected chi connectivity index (χ3v) is 8.85. The van der Waals surface area contributed by atoms with Crippen molar-refractivity contribution in [1.29, 1.82) is 0 Å². The number of carbonyl (C=O) groups excluding carboxylic acids is 2. The molecule has 0 unspecified atom stereocenters. The van der Waals surface area contributed by atoms with E-state index in [-0.39, 0.29) is 18.0 Å². The predicted molar refractivity (Wildman–Crippen MR) is 141 cm³/mol. The van der Waals surface area contributed by atoms with E-state index in [4.69, 9.17) is 13.9 Å². The largest absolute Gasteiger partial charge is 0.462 e. The smallest absolute Gasteiger partial charge is 0.342 e. The molecule has 188 valence electrons. The van der Waals surface area contributed by atoms with Crippen molar-refractivity contribution >= 4 is 33.7 Å². The molecule has 4 aromatic rings. The van der Waals surface area contributed by atoms with Gasteiger partial charge in [0.2, 0.25) is 0 Å². The van der Waals surface area contributed by atoms with Crippen molar-refractivity contribution in [3.8, 4) is 17.1 Å². The second-order valence-corrected chi connectivity index (χ2v) is 11.3. The van der Waals surface area contributed by atoms with Crippen LogP contribution in [0.5, 0.6) is 5.75 Å². The molecule has 5 heteroatoms. The van der Waals surface area contributed by atoms with Crippen LogP contribution in [0.15, 0.2) is 65.1 Å². The lowest BCUT2D eigenvalue weighted by atomic mass is 9.49. The van der Waals surface area contributed by atoms with Crippen LogP contribution in [-0.2, 0) is 9.53 Å². The van der Waals surface area contributed by atoms with Crippen molar-refractivity contribution in [2.24, 2.45) is 23.2 Å². The number of hydrogen-bond acceptors (Lipinski definition) is 5. The molecule has 1 heterocycles. The zero-order valence-electron chi connectivity index (χ0n) is 21.0. The van der Waals surface area contributed by atoms with E-state index in [1.807, 2.05) is 54.6 Å². The molecule has 4 bridgehead atoms. The predicted octanol–water partition coefficient (Wildman–Crippen LogP) is 7.55. The van der Waals surface area contributed by atoms with Crippen molar-refractivity contribution in [3.63, 3.8) is 0 Å². The summed E-state index contributed by atoms with van der Waals surface area (Å²) in [5.74, 6) is 2.33. The van der Waals surface area contributed by atoms with Crippen molar-refractivity contribution in [2.45, 2.75) is 45.4 Å². The Labute approximate surface area is 215 Å². The molecule has 0 amide bonds. The summed E-state index contributed by atoms with van der Waals surface area (Å²) in [5, 5.41) is 2.21. The van der Waals surface area contributed by atoms with E-state index in [0.29, 0.717) is 45.8 Å². The Bertz CT molecular complexity index is 1490. The second-order valence-electron chi connectivity index (χ2n) is 11.3. The number of esters is 2. The van der Waals surface area contributed by atoms with E-state index in [0.717, 1.165) is 35.6 Å². The minimum atomic E-state index is -0.450. The third-order valence-electron chi connectivity index (χ3n) is 8.85. The summed E-state index contributed by atoms with van der Waals surface area (Å²) in [6, 6.07) is 19.1. The molecule has 0 atom stereocenters. The highest BCUT2D eigenvalue weighted by atomic mass is 16.5. The molecule has 0 spiro atoms. The summed E-state index contributed by atoms with van der Waals surface area (Å²) in [4.78, 5) is 27.1. The van der Waals surface area contributed by atoms with E-state index in [9.17, 15) is 9.59 Å². The summed E-state index contributed by atoms with van der Waals surface area (Å²) in [7, 11) is 0. The van der Waals surface area contributed by atoms with Crippen LogP contribution in [0.1, 0.15) is 55.8 Å². The quantitative estimate of drug-likeness (QED) is 0.212. The van der Waals surface area contributed by atoms with Gasteiger partial charge in [-0.2, -0.15) is 0 Å². The molecule has 0 aliphatic heterocycles. The lowest BCUT2D eigenvalue weighted by Gasteiger charge is -2.55. The highest BCUT2D eigenvalue weighted by molar-refractivity contribution is 6.17. The van der Waals surface area contributed by atoms with Crippen molar-refractivity contribution in [3.05, 3.63) is 66.2 Å². The summed E-state index contributed by atoms with van der Waals surface area (Å²) in [5.41, 5.74) is 1.37. The first-order chi connectivity index (χ1) is 18.0. The van der Waals surface area contributed by atoms with Gasteiger partial charge in [-0.1, -0.05) is 54.6 Å². The molecule has 4 aliphatic carbocycles. The molecule has 0 saturated heterocycles. The van der Waals surface area contributed by atoms with Crippen LogP contribution in [0.3, 0.4) is 0 Å². The number of rotatable bonds is 5. The molecule has 5 nitrogen and oxygen atoms in total. The number of hydrogen-bond donors (Lipinski definition) is 0. The normalized spacial score (nSPS) is 26.0. The number of benzene rings is 3. The van der Waals surface area contributed by atoms with Crippen LogP contribution >= 0.6 is 0 Å². The number of furan rings is 1. The first-order valence-corrected chi connectivity index (χ1v) is 13.5. The lowest BCUT2D eigenvalue weighted by molar-refractivity contribution is -0.161. The summed E-state index contributed by atoms with van der Waals surface area (Å²) < 4.78 is 18.1. The molecule has 8 rings (SSSR count). The SMILES string of the molecule is CCOC(=O)c1c(-c2ccccc2)oc2c1cc(OC(=O)C13CC4CC(CC(C4)C1)C3)c1ccccc12.